The van der Waals surface area contributed by atoms with Crippen molar-refractivity contribution in [2.75, 3.05) is 36.4 Å². The van der Waals surface area contributed by atoms with Crippen molar-refractivity contribution in [2.45, 2.75) is 6.54 Å². The van der Waals surface area contributed by atoms with Crippen LogP contribution >= 0.6 is 0 Å². The van der Waals surface area contributed by atoms with Crippen LogP contribution in [0.25, 0.3) is 11.0 Å². The molecule has 0 radical (unpaired) electrons. The van der Waals surface area contributed by atoms with Gasteiger partial charge >= 0.3 is 0 Å². The van der Waals surface area contributed by atoms with Crippen molar-refractivity contribution in [1.29, 1.82) is 0 Å². The van der Waals surface area contributed by atoms with E-state index in [9.17, 15) is 4.79 Å². The Bertz CT molecular complexity index is 1170. The molecule has 1 aliphatic heterocycles. The lowest BCUT2D eigenvalue weighted by molar-refractivity contribution is 0.0996. The van der Waals surface area contributed by atoms with Gasteiger partial charge in [-0.1, -0.05) is 12.1 Å². The second-order valence-corrected chi connectivity index (χ2v) is 7.82. The Morgan fingerprint density at radius 1 is 1.00 bits per heavy atom. The Morgan fingerprint density at radius 3 is 2.48 bits per heavy atom. The molecule has 1 fully saturated rings. The first-order valence-corrected chi connectivity index (χ1v) is 10.5. The number of furan rings is 1. The molecule has 7 heteroatoms. The molecule has 3 heterocycles. The number of carbonyl (C=O) groups is 1. The van der Waals surface area contributed by atoms with Crippen LogP contribution in [0.1, 0.15) is 16.4 Å². The fourth-order valence-electron chi connectivity index (χ4n) is 4.06. The lowest BCUT2D eigenvalue weighted by Gasteiger charge is -2.36. The van der Waals surface area contributed by atoms with Gasteiger partial charge in [0.1, 0.15) is 5.82 Å². The molecule has 0 bridgehead atoms. The Hall–Kier alpha value is -3.58. The summed E-state index contributed by atoms with van der Waals surface area (Å²) in [5.74, 6) is 1.17. The Kier molecular flexibility index (Phi) is 5.18. The van der Waals surface area contributed by atoms with Crippen molar-refractivity contribution in [1.82, 2.24) is 14.5 Å². The molecule has 158 valence electrons. The summed E-state index contributed by atoms with van der Waals surface area (Å²) in [5, 5.41) is 2.86. The van der Waals surface area contributed by atoms with E-state index in [1.807, 2.05) is 18.2 Å². The van der Waals surface area contributed by atoms with E-state index in [0.29, 0.717) is 5.76 Å². The van der Waals surface area contributed by atoms with Crippen LogP contribution in [0.4, 0.5) is 11.4 Å². The fourth-order valence-corrected chi connectivity index (χ4v) is 4.06. The van der Waals surface area contributed by atoms with Gasteiger partial charge in [0.15, 0.2) is 5.76 Å². The molecule has 4 aromatic rings. The van der Waals surface area contributed by atoms with E-state index in [1.165, 1.54) is 17.5 Å². The summed E-state index contributed by atoms with van der Waals surface area (Å²) in [6.45, 7) is 4.75. The van der Waals surface area contributed by atoms with Crippen LogP contribution in [-0.4, -0.2) is 46.5 Å². The molecule has 31 heavy (non-hydrogen) atoms. The molecule has 0 atom stereocenters. The van der Waals surface area contributed by atoms with E-state index in [1.54, 1.807) is 12.1 Å². The van der Waals surface area contributed by atoms with E-state index >= 15 is 0 Å². The van der Waals surface area contributed by atoms with Crippen molar-refractivity contribution in [3.63, 3.8) is 0 Å². The van der Waals surface area contributed by atoms with E-state index in [4.69, 9.17) is 9.40 Å². The highest BCUT2D eigenvalue weighted by atomic mass is 16.3. The van der Waals surface area contributed by atoms with Crippen LogP contribution in [0.3, 0.4) is 0 Å². The molecule has 1 amide bonds. The minimum atomic E-state index is -0.242. The van der Waals surface area contributed by atoms with Gasteiger partial charge < -0.3 is 19.2 Å². The number of para-hydroxylation sites is 2. The Morgan fingerprint density at radius 2 is 1.77 bits per heavy atom. The monoisotopic (exact) mass is 415 g/mol. The zero-order chi connectivity index (χ0) is 21.2. The van der Waals surface area contributed by atoms with E-state index in [0.717, 1.165) is 49.8 Å². The Labute approximate surface area is 180 Å². The Balaban J connectivity index is 1.17. The second kappa shape index (κ2) is 8.28. The topological polar surface area (TPSA) is 66.5 Å². The maximum atomic E-state index is 12.1. The number of nitrogens with one attached hydrogen (secondary N) is 1. The number of aromatic nitrogens is 2. The molecule has 0 aliphatic carbocycles. The standard InChI is InChI=1S/C24H25N5O2/c1-27-21-6-3-2-5-20(21)26-23(27)17-28-12-14-29(15-13-28)19-10-8-18(9-11-19)25-24(30)22-7-4-16-31-22/h2-11,16H,12-15,17H2,1H3,(H,25,30). The quantitative estimate of drug-likeness (QED) is 0.538. The average molecular weight is 415 g/mol. The molecule has 2 aromatic heterocycles. The number of aryl methyl sites for hydroxylation is 1. The average Bonchev–Trinajstić information content (AvgIpc) is 3.44. The number of anilines is 2. The third-order valence-corrected chi connectivity index (χ3v) is 5.85. The molecular weight excluding hydrogens is 390 g/mol. The van der Waals surface area contributed by atoms with Crippen molar-refractivity contribution < 1.29 is 9.21 Å². The summed E-state index contributed by atoms with van der Waals surface area (Å²) in [6.07, 6.45) is 1.49. The van der Waals surface area contributed by atoms with Gasteiger partial charge in [0.25, 0.3) is 5.91 Å². The van der Waals surface area contributed by atoms with Crippen LogP contribution in [0.5, 0.6) is 0 Å². The molecule has 1 N–H and O–H groups in total. The number of benzene rings is 2. The number of piperazine rings is 1. The van der Waals surface area contributed by atoms with Crippen molar-refractivity contribution in [3.8, 4) is 0 Å². The molecule has 7 nitrogen and oxygen atoms in total. The third kappa shape index (κ3) is 4.04. The predicted molar refractivity (Wildman–Crippen MR) is 121 cm³/mol. The van der Waals surface area contributed by atoms with Crippen molar-refractivity contribution in [2.24, 2.45) is 7.05 Å². The maximum Gasteiger partial charge on any atom is 0.291 e. The lowest BCUT2D eigenvalue weighted by Crippen LogP contribution is -2.46. The number of fused-ring (bicyclic) bond motifs is 1. The minimum absolute atomic E-state index is 0.242. The van der Waals surface area contributed by atoms with Crippen LogP contribution in [0.15, 0.2) is 71.3 Å². The van der Waals surface area contributed by atoms with Gasteiger partial charge in [0, 0.05) is 44.6 Å². The molecule has 2 aromatic carbocycles. The van der Waals surface area contributed by atoms with Gasteiger partial charge in [-0.3, -0.25) is 9.69 Å². The highest BCUT2D eigenvalue weighted by molar-refractivity contribution is 6.02. The summed E-state index contributed by atoms with van der Waals surface area (Å²) in [4.78, 5) is 21.7. The molecular formula is C24H25N5O2. The van der Waals surface area contributed by atoms with Gasteiger partial charge in [0.05, 0.1) is 23.8 Å². The van der Waals surface area contributed by atoms with Gasteiger partial charge in [-0.25, -0.2) is 4.98 Å². The number of imidazole rings is 1. The number of hydrogen-bond donors (Lipinski definition) is 1. The maximum absolute atomic E-state index is 12.1. The zero-order valence-electron chi connectivity index (χ0n) is 17.5. The predicted octanol–water partition coefficient (Wildman–Crippen LogP) is 3.74. The summed E-state index contributed by atoms with van der Waals surface area (Å²) < 4.78 is 7.32. The lowest BCUT2D eigenvalue weighted by atomic mass is 10.2. The van der Waals surface area contributed by atoms with Gasteiger partial charge in [0.2, 0.25) is 0 Å². The van der Waals surface area contributed by atoms with Gasteiger partial charge in [-0.2, -0.15) is 0 Å². The SMILES string of the molecule is Cn1c(CN2CCN(c3ccc(NC(=O)c4ccco4)cc3)CC2)nc2ccccc21. The first kappa shape index (κ1) is 19.4. The van der Waals surface area contributed by atoms with Crippen LogP contribution < -0.4 is 10.2 Å². The smallest absolute Gasteiger partial charge is 0.291 e. The van der Waals surface area contributed by atoms with Crippen LogP contribution in [-0.2, 0) is 13.6 Å². The highest BCUT2D eigenvalue weighted by Gasteiger charge is 2.19. The van der Waals surface area contributed by atoms with Crippen molar-refractivity contribution >= 4 is 28.3 Å². The first-order chi connectivity index (χ1) is 15.2. The van der Waals surface area contributed by atoms with Crippen LogP contribution in [0, 0.1) is 0 Å². The normalized spacial score (nSPS) is 14.8. The molecule has 1 aliphatic rings. The fraction of sp³-hybridized carbons (Fsp3) is 0.250. The minimum Gasteiger partial charge on any atom is -0.459 e. The summed E-state index contributed by atoms with van der Waals surface area (Å²) >= 11 is 0. The summed E-state index contributed by atoms with van der Waals surface area (Å²) in [7, 11) is 2.09. The van der Waals surface area contributed by atoms with E-state index in [2.05, 4.69) is 57.1 Å². The first-order valence-electron chi connectivity index (χ1n) is 10.5. The molecule has 0 unspecified atom stereocenters. The summed E-state index contributed by atoms with van der Waals surface area (Å²) in [5.41, 5.74) is 4.15. The number of hydrogen-bond acceptors (Lipinski definition) is 5. The third-order valence-electron chi connectivity index (χ3n) is 5.85. The number of carbonyl (C=O) groups excluding carboxylic acids is 1. The van der Waals surface area contributed by atoms with Gasteiger partial charge in [-0.05, 0) is 48.5 Å². The highest BCUT2D eigenvalue weighted by Crippen LogP contribution is 2.21. The molecule has 5 rings (SSSR count). The molecule has 1 saturated heterocycles. The second-order valence-electron chi connectivity index (χ2n) is 7.82. The van der Waals surface area contributed by atoms with Crippen molar-refractivity contribution in [3.05, 3.63) is 78.5 Å². The van der Waals surface area contributed by atoms with E-state index in [-0.39, 0.29) is 5.91 Å². The number of amides is 1. The van der Waals surface area contributed by atoms with Gasteiger partial charge in [-0.15, -0.1) is 0 Å². The van der Waals surface area contributed by atoms with E-state index < -0.39 is 0 Å². The zero-order valence-corrected chi connectivity index (χ0v) is 17.5. The molecule has 0 spiro atoms. The number of nitrogens with zero attached hydrogens (tertiary/aromatic N) is 4. The number of rotatable bonds is 5. The summed E-state index contributed by atoms with van der Waals surface area (Å²) in [6, 6.07) is 19.6. The van der Waals surface area contributed by atoms with Crippen LogP contribution in [0.2, 0.25) is 0 Å². The largest absolute Gasteiger partial charge is 0.459 e. The molecule has 0 saturated carbocycles.